The molecule has 2 aromatic rings. The number of hydrogen-bond acceptors (Lipinski definition) is 2. The summed E-state index contributed by atoms with van der Waals surface area (Å²) in [5, 5.41) is 7.00. The van der Waals surface area contributed by atoms with E-state index in [4.69, 9.17) is 9.90 Å². The molecule has 0 bridgehead atoms. The van der Waals surface area contributed by atoms with Gasteiger partial charge in [-0.25, -0.2) is 0 Å². The fourth-order valence-corrected chi connectivity index (χ4v) is 5.26. The zero-order valence-corrected chi connectivity index (χ0v) is 18.2. The molecule has 2 saturated carbocycles. The van der Waals surface area contributed by atoms with Crippen molar-refractivity contribution in [3.05, 3.63) is 60.2 Å². The van der Waals surface area contributed by atoms with E-state index in [0.29, 0.717) is 0 Å². The smallest absolute Gasteiger partial charge is 0.106 e. The lowest BCUT2D eigenvalue weighted by molar-refractivity contribution is -0.0979. The first-order valence-electron chi connectivity index (χ1n) is 11.2. The van der Waals surface area contributed by atoms with E-state index in [0.717, 1.165) is 30.8 Å². The first kappa shape index (κ1) is 23.3. The number of benzene rings is 2. The van der Waals surface area contributed by atoms with Gasteiger partial charge in [0.25, 0.3) is 0 Å². The van der Waals surface area contributed by atoms with Crippen molar-refractivity contribution < 1.29 is 9.90 Å². The number of aliphatic hydroxyl groups excluding tert-OH is 1. The Kier molecular flexibility index (Phi) is 10.1. The van der Waals surface area contributed by atoms with E-state index in [-0.39, 0.29) is 0 Å². The Hall–Kier alpha value is -1.93. The normalized spacial score (nSPS) is 26.3. The van der Waals surface area contributed by atoms with Crippen LogP contribution >= 0.6 is 0 Å². The van der Waals surface area contributed by atoms with Gasteiger partial charge in [-0.15, -0.1) is 0 Å². The standard InChI is InChI=1S/C25H32.CH4O.CH2O/c1-19-7-9-21(10-8-19)23-15-17-25(18-16-23)24-13-11-22(12-14-24)20-5-3-2-4-6-20;2*1-2/h2-6,11-14,19,21,23,25H,7-10,15-18H2,1H3;2H,1H3;1H2. The molecule has 0 atom stereocenters. The number of rotatable bonds is 3. The SMILES string of the molecule is C=O.CC1CCC(C2CCC(c3ccc(-c4ccccc4)cc3)CC2)CC1.CO. The van der Waals surface area contributed by atoms with Gasteiger partial charge >= 0.3 is 0 Å². The maximum absolute atomic E-state index is 8.00. The van der Waals surface area contributed by atoms with Gasteiger partial charge in [0.05, 0.1) is 0 Å². The number of aliphatic hydroxyl groups is 1. The molecule has 2 fully saturated rings. The molecular weight excluding hydrogens is 356 g/mol. The summed E-state index contributed by atoms with van der Waals surface area (Å²) in [6.45, 7) is 4.44. The lowest BCUT2D eigenvalue weighted by Gasteiger charge is -2.37. The highest BCUT2D eigenvalue weighted by Gasteiger charge is 2.30. The van der Waals surface area contributed by atoms with E-state index in [1.54, 1.807) is 5.56 Å². The van der Waals surface area contributed by atoms with Gasteiger partial charge in [-0.1, -0.05) is 74.4 Å². The molecule has 29 heavy (non-hydrogen) atoms. The predicted molar refractivity (Wildman–Crippen MR) is 123 cm³/mol. The summed E-state index contributed by atoms with van der Waals surface area (Å²) in [5.41, 5.74) is 4.23. The molecule has 0 heterocycles. The Morgan fingerprint density at radius 1 is 0.655 bits per heavy atom. The van der Waals surface area contributed by atoms with Gasteiger partial charge in [0, 0.05) is 7.11 Å². The Balaban J connectivity index is 0.000000707. The van der Waals surface area contributed by atoms with Gasteiger partial charge in [0.2, 0.25) is 0 Å². The van der Waals surface area contributed by atoms with Crippen molar-refractivity contribution in [3.8, 4) is 11.1 Å². The Morgan fingerprint density at radius 3 is 1.62 bits per heavy atom. The third-order valence-electron chi connectivity index (χ3n) is 6.99. The van der Waals surface area contributed by atoms with Crippen LogP contribution in [0.25, 0.3) is 11.1 Å². The van der Waals surface area contributed by atoms with Crippen LogP contribution in [0.2, 0.25) is 0 Å². The van der Waals surface area contributed by atoms with Crippen molar-refractivity contribution in [2.24, 2.45) is 17.8 Å². The minimum absolute atomic E-state index is 0.795. The molecule has 2 aliphatic rings. The van der Waals surface area contributed by atoms with Gasteiger partial charge in [0.1, 0.15) is 6.79 Å². The number of carbonyl (C=O) groups is 1. The highest BCUT2D eigenvalue weighted by Crippen LogP contribution is 2.43. The van der Waals surface area contributed by atoms with E-state index >= 15 is 0 Å². The largest absolute Gasteiger partial charge is 0.400 e. The average molecular weight is 395 g/mol. The monoisotopic (exact) mass is 394 g/mol. The van der Waals surface area contributed by atoms with Crippen molar-refractivity contribution in [1.29, 1.82) is 0 Å². The Bertz CT molecular complexity index is 663. The number of hydrogen-bond donors (Lipinski definition) is 1. The summed E-state index contributed by atoms with van der Waals surface area (Å²) < 4.78 is 0. The highest BCUT2D eigenvalue weighted by atomic mass is 16.2. The summed E-state index contributed by atoms with van der Waals surface area (Å²) >= 11 is 0. The minimum atomic E-state index is 0.795. The lowest BCUT2D eigenvalue weighted by atomic mass is 9.68. The summed E-state index contributed by atoms with van der Waals surface area (Å²) in [6, 6.07) is 20.1. The second-order valence-corrected chi connectivity index (χ2v) is 8.62. The van der Waals surface area contributed by atoms with Gasteiger partial charge in [-0.3, -0.25) is 0 Å². The minimum Gasteiger partial charge on any atom is -0.400 e. The van der Waals surface area contributed by atoms with E-state index in [9.17, 15) is 0 Å². The lowest BCUT2D eigenvalue weighted by Crippen LogP contribution is -2.24. The summed E-state index contributed by atoms with van der Waals surface area (Å²) in [7, 11) is 1.00. The molecule has 0 aliphatic heterocycles. The van der Waals surface area contributed by atoms with Crippen LogP contribution in [0.3, 0.4) is 0 Å². The molecule has 2 aliphatic carbocycles. The fraction of sp³-hybridized carbons (Fsp3) is 0.519. The van der Waals surface area contributed by atoms with Gasteiger partial charge in [0.15, 0.2) is 0 Å². The van der Waals surface area contributed by atoms with E-state index in [2.05, 4.69) is 61.5 Å². The predicted octanol–water partition coefficient (Wildman–Crippen LogP) is 6.88. The molecule has 0 unspecified atom stereocenters. The Labute approximate surface area is 177 Å². The van der Waals surface area contributed by atoms with Gasteiger partial charge in [-0.2, -0.15) is 0 Å². The van der Waals surface area contributed by atoms with Crippen LogP contribution in [-0.4, -0.2) is 19.0 Å². The van der Waals surface area contributed by atoms with Crippen molar-refractivity contribution in [2.75, 3.05) is 7.11 Å². The number of carbonyl (C=O) groups excluding carboxylic acids is 1. The van der Waals surface area contributed by atoms with Crippen molar-refractivity contribution >= 4 is 6.79 Å². The molecule has 2 aromatic carbocycles. The van der Waals surface area contributed by atoms with Crippen LogP contribution in [0.4, 0.5) is 0 Å². The molecule has 158 valence electrons. The molecule has 0 radical (unpaired) electrons. The maximum atomic E-state index is 8.00. The summed E-state index contributed by atoms with van der Waals surface area (Å²) in [6.07, 6.45) is 11.7. The van der Waals surface area contributed by atoms with Crippen LogP contribution in [0.1, 0.15) is 69.8 Å². The highest BCUT2D eigenvalue weighted by molar-refractivity contribution is 5.63. The molecule has 2 nitrogen and oxygen atoms in total. The van der Waals surface area contributed by atoms with Crippen LogP contribution in [-0.2, 0) is 4.79 Å². The van der Waals surface area contributed by atoms with E-state index in [1.807, 2.05) is 6.79 Å². The third-order valence-corrected chi connectivity index (χ3v) is 6.99. The molecule has 0 spiro atoms. The molecule has 2 heteroatoms. The summed E-state index contributed by atoms with van der Waals surface area (Å²) in [5.74, 6) is 3.84. The quantitative estimate of drug-likeness (QED) is 0.616. The van der Waals surface area contributed by atoms with E-state index < -0.39 is 0 Å². The average Bonchev–Trinajstić information content (AvgIpc) is 2.83. The first-order valence-corrected chi connectivity index (χ1v) is 11.2. The second kappa shape index (κ2) is 12.6. The Morgan fingerprint density at radius 2 is 1.10 bits per heavy atom. The maximum Gasteiger partial charge on any atom is 0.106 e. The molecule has 0 amide bonds. The molecule has 4 rings (SSSR count). The summed E-state index contributed by atoms with van der Waals surface area (Å²) in [4.78, 5) is 8.00. The van der Waals surface area contributed by atoms with Crippen molar-refractivity contribution in [1.82, 2.24) is 0 Å². The zero-order valence-electron chi connectivity index (χ0n) is 18.2. The molecule has 0 aromatic heterocycles. The van der Waals surface area contributed by atoms with Crippen LogP contribution in [0.5, 0.6) is 0 Å². The van der Waals surface area contributed by atoms with Crippen molar-refractivity contribution in [3.63, 3.8) is 0 Å². The van der Waals surface area contributed by atoms with Gasteiger partial charge in [-0.05, 0) is 78.9 Å². The topological polar surface area (TPSA) is 37.3 Å². The molecule has 1 N–H and O–H groups in total. The molecule has 0 saturated heterocycles. The third kappa shape index (κ3) is 6.54. The van der Waals surface area contributed by atoms with Crippen LogP contribution in [0.15, 0.2) is 54.6 Å². The fourth-order valence-electron chi connectivity index (χ4n) is 5.26. The second-order valence-electron chi connectivity index (χ2n) is 8.62. The first-order chi connectivity index (χ1) is 14.3. The van der Waals surface area contributed by atoms with Gasteiger partial charge < -0.3 is 9.90 Å². The zero-order chi connectivity index (χ0) is 21.1. The molecular formula is C27H38O2. The van der Waals surface area contributed by atoms with Crippen LogP contribution < -0.4 is 0 Å². The van der Waals surface area contributed by atoms with Crippen LogP contribution in [0, 0.1) is 17.8 Å². The van der Waals surface area contributed by atoms with Crippen molar-refractivity contribution in [2.45, 2.75) is 64.2 Å². The van der Waals surface area contributed by atoms with E-state index in [1.165, 1.54) is 62.5 Å².